The highest BCUT2D eigenvalue weighted by molar-refractivity contribution is 9.10. The van der Waals surface area contributed by atoms with E-state index >= 15 is 0 Å². The van der Waals surface area contributed by atoms with Crippen molar-refractivity contribution in [1.82, 2.24) is 19.7 Å². The third-order valence-electron chi connectivity index (χ3n) is 5.56. The maximum Gasteiger partial charge on any atom is 0.236 e. The summed E-state index contributed by atoms with van der Waals surface area (Å²) in [5.41, 5.74) is 4.52. The van der Waals surface area contributed by atoms with E-state index in [9.17, 15) is 4.79 Å². The number of rotatable bonds is 7. The molecule has 0 bridgehead atoms. The van der Waals surface area contributed by atoms with Gasteiger partial charge in [-0.25, -0.2) is 4.98 Å². The van der Waals surface area contributed by atoms with Gasteiger partial charge in [0.1, 0.15) is 0 Å². The van der Waals surface area contributed by atoms with E-state index in [4.69, 9.17) is 0 Å². The zero-order valence-electron chi connectivity index (χ0n) is 18.0. The van der Waals surface area contributed by atoms with E-state index in [-0.39, 0.29) is 11.7 Å². The predicted octanol–water partition coefficient (Wildman–Crippen LogP) is 6.52. The first-order valence-corrected chi connectivity index (χ1v) is 14.3. The van der Waals surface area contributed by atoms with Crippen molar-refractivity contribution in [2.75, 3.05) is 11.1 Å². The van der Waals surface area contributed by atoms with Gasteiger partial charge in [-0.15, -0.1) is 32.9 Å². The van der Waals surface area contributed by atoms with Crippen molar-refractivity contribution in [1.29, 1.82) is 0 Å². The van der Waals surface area contributed by atoms with Crippen LogP contribution in [0.3, 0.4) is 0 Å². The molecule has 1 aromatic carbocycles. The van der Waals surface area contributed by atoms with Gasteiger partial charge in [-0.2, -0.15) is 0 Å². The SMILES string of the molecule is CCn1c(SCC(=O)Nc2nc(-c3ccc(Br)cc3)cs2)nnc1-c1csc2c1CCCC2. The van der Waals surface area contributed by atoms with Crippen LogP contribution in [0.4, 0.5) is 5.13 Å². The summed E-state index contributed by atoms with van der Waals surface area (Å²) in [6.45, 7) is 2.86. The van der Waals surface area contributed by atoms with Crippen LogP contribution >= 0.6 is 50.4 Å². The maximum absolute atomic E-state index is 12.6. The second-order valence-corrected chi connectivity index (χ2v) is 11.4. The Morgan fingerprint density at radius 1 is 1.15 bits per heavy atom. The molecule has 0 saturated carbocycles. The van der Waals surface area contributed by atoms with Crippen LogP contribution in [-0.4, -0.2) is 31.4 Å². The van der Waals surface area contributed by atoms with Gasteiger partial charge in [0, 0.05) is 37.8 Å². The van der Waals surface area contributed by atoms with Gasteiger partial charge in [0.15, 0.2) is 16.1 Å². The third kappa shape index (κ3) is 4.94. The Hall–Kier alpha value is -2.01. The summed E-state index contributed by atoms with van der Waals surface area (Å²) in [7, 11) is 0. The van der Waals surface area contributed by atoms with E-state index in [1.165, 1.54) is 58.4 Å². The minimum atomic E-state index is -0.100. The summed E-state index contributed by atoms with van der Waals surface area (Å²) >= 11 is 8.12. The Kier molecular flexibility index (Phi) is 6.96. The number of carbonyl (C=O) groups excluding carboxylic acids is 1. The van der Waals surface area contributed by atoms with Crippen molar-refractivity contribution in [2.24, 2.45) is 0 Å². The number of anilines is 1. The first kappa shape index (κ1) is 22.8. The number of thiophene rings is 1. The average molecular weight is 561 g/mol. The number of halogens is 1. The summed E-state index contributed by atoms with van der Waals surface area (Å²) in [4.78, 5) is 18.6. The average Bonchev–Trinajstić information content (AvgIpc) is 3.56. The van der Waals surface area contributed by atoms with Gasteiger partial charge in [0.25, 0.3) is 0 Å². The highest BCUT2D eigenvalue weighted by Gasteiger charge is 2.22. The van der Waals surface area contributed by atoms with Gasteiger partial charge in [0.2, 0.25) is 5.91 Å². The van der Waals surface area contributed by atoms with E-state index in [0.29, 0.717) is 5.13 Å². The molecule has 5 rings (SSSR count). The second kappa shape index (κ2) is 10.1. The summed E-state index contributed by atoms with van der Waals surface area (Å²) in [6, 6.07) is 7.96. The molecule has 6 nitrogen and oxygen atoms in total. The summed E-state index contributed by atoms with van der Waals surface area (Å²) in [5, 5.41) is 17.4. The molecule has 10 heteroatoms. The molecule has 1 aliphatic rings. The van der Waals surface area contributed by atoms with Gasteiger partial charge in [-0.1, -0.05) is 39.8 Å². The van der Waals surface area contributed by atoms with Crippen LogP contribution in [0.5, 0.6) is 0 Å². The number of aryl methyl sites for hydroxylation is 1. The van der Waals surface area contributed by atoms with Gasteiger partial charge in [0.05, 0.1) is 11.4 Å². The van der Waals surface area contributed by atoms with E-state index in [0.717, 1.165) is 39.7 Å². The molecule has 3 heterocycles. The van der Waals surface area contributed by atoms with Gasteiger partial charge in [-0.3, -0.25) is 4.79 Å². The quantitative estimate of drug-likeness (QED) is 0.261. The number of thioether (sulfide) groups is 1. The third-order valence-corrected chi connectivity index (χ3v) is 8.90. The molecule has 0 fully saturated rings. The monoisotopic (exact) mass is 559 g/mol. The topological polar surface area (TPSA) is 72.7 Å². The Bertz CT molecular complexity index is 1280. The molecule has 0 unspecified atom stereocenters. The largest absolute Gasteiger partial charge is 0.302 e. The number of fused-ring (bicyclic) bond motifs is 1. The molecule has 0 radical (unpaired) electrons. The number of aromatic nitrogens is 4. The van der Waals surface area contributed by atoms with Crippen molar-refractivity contribution in [2.45, 2.75) is 44.3 Å². The van der Waals surface area contributed by atoms with Crippen LogP contribution in [0.1, 0.15) is 30.2 Å². The molecular formula is C23H22BrN5OS3. The number of nitrogens with zero attached hydrogens (tertiary/aromatic N) is 4. The standard InChI is InChI=1S/C23H22BrN5OS3/c1-2-29-21(17-11-31-19-6-4-3-5-16(17)19)27-28-23(29)33-13-20(30)26-22-25-18(12-32-22)14-7-9-15(24)10-8-14/h7-12H,2-6,13H2,1H3,(H,25,26,30). The van der Waals surface area contributed by atoms with Gasteiger partial charge >= 0.3 is 0 Å². The van der Waals surface area contributed by atoms with Crippen molar-refractivity contribution in [3.05, 3.63) is 49.9 Å². The summed E-state index contributed by atoms with van der Waals surface area (Å²) in [6.07, 6.45) is 4.79. The van der Waals surface area contributed by atoms with E-state index < -0.39 is 0 Å². The fourth-order valence-corrected chi connectivity index (χ4v) is 6.86. The number of thiazole rings is 1. The summed E-state index contributed by atoms with van der Waals surface area (Å²) < 4.78 is 3.14. The minimum Gasteiger partial charge on any atom is -0.302 e. The molecule has 0 saturated heterocycles. The zero-order valence-corrected chi connectivity index (χ0v) is 22.0. The van der Waals surface area contributed by atoms with Crippen LogP contribution < -0.4 is 5.32 Å². The van der Waals surface area contributed by atoms with Crippen LogP contribution in [0.25, 0.3) is 22.6 Å². The van der Waals surface area contributed by atoms with Gasteiger partial charge < -0.3 is 9.88 Å². The molecular weight excluding hydrogens is 538 g/mol. The lowest BCUT2D eigenvalue weighted by atomic mass is 9.96. The molecule has 170 valence electrons. The number of amides is 1. The van der Waals surface area contributed by atoms with Crippen molar-refractivity contribution >= 4 is 61.4 Å². The van der Waals surface area contributed by atoms with Crippen molar-refractivity contribution in [3.63, 3.8) is 0 Å². The Balaban J connectivity index is 1.24. The predicted molar refractivity (Wildman–Crippen MR) is 140 cm³/mol. The molecule has 4 aromatic rings. The van der Waals surface area contributed by atoms with E-state index in [1.54, 1.807) is 0 Å². The molecule has 0 atom stereocenters. The summed E-state index contributed by atoms with van der Waals surface area (Å²) in [5.74, 6) is 1.07. The zero-order chi connectivity index (χ0) is 22.8. The fraction of sp³-hybridized carbons (Fsp3) is 0.304. The molecule has 3 aromatic heterocycles. The fourth-order valence-electron chi connectivity index (χ4n) is 3.93. The first-order chi connectivity index (χ1) is 16.1. The van der Waals surface area contributed by atoms with Crippen LogP contribution in [0.15, 0.2) is 44.7 Å². The van der Waals surface area contributed by atoms with Crippen LogP contribution in [-0.2, 0) is 24.2 Å². The first-order valence-electron chi connectivity index (χ1n) is 10.8. The lowest BCUT2D eigenvalue weighted by Gasteiger charge is -2.13. The number of benzene rings is 1. The minimum absolute atomic E-state index is 0.100. The normalized spacial score (nSPS) is 13.2. The highest BCUT2D eigenvalue weighted by Crippen LogP contribution is 2.37. The molecule has 0 aliphatic heterocycles. The van der Waals surface area contributed by atoms with Crippen molar-refractivity contribution < 1.29 is 4.79 Å². The highest BCUT2D eigenvalue weighted by atomic mass is 79.9. The Morgan fingerprint density at radius 2 is 1.97 bits per heavy atom. The molecule has 33 heavy (non-hydrogen) atoms. The number of carbonyl (C=O) groups is 1. The van der Waals surface area contributed by atoms with E-state index in [1.807, 2.05) is 41.0 Å². The van der Waals surface area contributed by atoms with Crippen LogP contribution in [0.2, 0.25) is 0 Å². The van der Waals surface area contributed by atoms with E-state index in [2.05, 4.69) is 53.3 Å². The molecule has 1 N–H and O–H groups in total. The lowest BCUT2D eigenvalue weighted by Crippen LogP contribution is -2.14. The van der Waals surface area contributed by atoms with Gasteiger partial charge in [-0.05, 0) is 50.3 Å². The maximum atomic E-state index is 12.6. The number of hydrogen-bond donors (Lipinski definition) is 1. The molecule has 1 amide bonds. The number of nitrogens with one attached hydrogen (secondary N) is 1. The number of hydrogen-bond acceptors (Lipinski definition) is 7. The Morgan fingerprint density at radius 3 is 2.79 bits per heavy atom. The Labute approximate surface area is 213 Å². The van der Waals surface area contributed by atoms with Crippen molar-refractivity contribution in [3.8, 4) is 22.6 Å². The van der Waals surface area contributed by atoms with Crippen LogP contribution in [0, 0.1) is 0 Å². The lowest BCUT2D eigenvalue weighted by molar-refractivity contribution is -0.113. The second-order valence-electron chi connectivity index (χ2n) is 7.69. The smallest absolute Gasteiger partial charge is 0.236 e. The molecule has 0 spiro atoms. The molecule has 1 aliphatic carbocycles.